The topological polar surface area (TPSA) is 29.5 Å². The predicted octanol–water partition coefficient (Wildman–Crippen LogP) is 2.20. The van der Waals surface area contributed by atoms with Gasteiger partial charge < -0.3 is 9.53 Å². The zero-order valence-electron chi connectivity index (χ0n) is 9.17. The molecular formula is C9H21IO2Si. The summed E-state index contributed by atoms with van der Waals surface area (Å²) in [5.41, 5.74) is 0.0296. The van der Waals surface area contributed by atoms with E-state index in [0.29, 0.717) is 0 Å². The quantitative estimate of drug-likeness (QED) is 0.489. The van der Waals surface area contributed by atoms with Crippen LogP contribution in [0.1, 0.15) is 20.8 Å². The molecule has 0 aromatic rings. The Kier molecular flexibility index (Phi) is 6.05. The minimum atomic E-state index is -1.06. The highest BCUT2D eigenvalue weighted by atomic mass is 127. The number of rotatable bonds is 4. The molecule has 0 amide bonds. The fraction of sp³-hybridized carbons (Fsp3) is 1.00. The summed E-state index contributed by atoms with van der Waals surface area (Å²) < 4.78 is 6.59. The lowest BCUT2D eigenvalue weighted by Crippen LogP contribution is -2.43. The molecule has 13 heavy (non-hydrogen) atoms. The first-order valence-electron chi connectivity index (χ1n) is 4.68. The van der Waals surface area contributed by atoms with Crippen molar-refractivity contribution in [2.24, 2.45) is 5.41 Å². The maximum atomic E-state index is 9.79. The van der Waals surface area contributed by atoms with Crippen molar-refractivity contribution in [2.45, 2.75) is 46.1 Å². The third kappa shape index (κ3) is 5.34. The summed E-state index contributed by atoms with van der Waals surface area (Å²) in [6.07, 6.45) is -0.355. The van der Waals surface area contributed by atoms with Gasteiger partial charge in [0.05, 0.1) is 12.2 Å². The lowest BCUT2D eigenvalue weighted by Gasteiger charge is -2.35. The Balaban J connectivity index is 4.37. The van der Waals surface area contributed by atoms with Gasteiger partial charge in [-0.2, -0.15) is 0 Å². The lowest BCUT2D eigenvalue weighted by molar-refractivity contribution is -0.0149. The normalized spacial score (nSPS) is 17.5. The van der Waals surface area contributed by atoms with Gasteiger partial charge in [0.1, 0.15) is 0 Å². The summed E-state index contributed by atoms with van der Waals surface area (Å²) in [5.74, 6) is 0. The molecule has 2 atom stereocenters. The van der Waals surface area contributed by atoms with Crippen molar-refractivity contribution in [3.8, 4) is 0 Å². The van der Waals surface area contributed by atoms with Crippen LogP contribution in [0.4, 0.5) is 0 Å². The molecule has 1 N–H and O–H groups in total. The first kappa shape index (κ1) is 13.9. The van der Waals surface area contributed by atoms with Gasteiger partial charge in [0, 0.05) is 4.43 Å². The van der Waals surface area contributed by atoms with Crippen LogP contribution in [0.25, 0.3) is 0 Å². The van der Waals surface area contributed by atoms with E-state index in [1.54, 1.807) is 0 Å². The Morgan fingerprint density at radius 3 is 2.08 bits per heavy atom. The Hall–Kier alpha value is 0.867. The average molecular weight is 316 g/mol. The Bertz CT molecular complexity index is 145. The molecule has 4 heteroatoms. The lowest BCUT2D eigenvalue weighted by atomic mass is 9.86. The summed E-state index contributed by atoms with van der Waals surface area (Å²) in [5, 5.41) is 9.79. The van der Waals surface area contributed by atoms with Crippen LogP contribution in [-0.2, 0) is 4.43 Å². The molecule has 0 aliphatic heterocycles. The molecular weight excluding hydrogens is 295 g/mol. The number of aliphatic hydroxyl groups is 1. The molecule has 0 saturated carbocycles. The van der Waals surface area contributed by atoms with Gasteiger partial charge in [-0.05, 0) is 18.5 Å². The van der Waals surface area contributed by atoms with E-state index in [4.69, 9.17) is 4.43 Å². The molecule has 0 radical (unpaired) electrons. The largest absolute Gasteiger partial charge is 0.414 e. The van der Waals surface area contributed by atoms with Gasteiger partial charge in [-0.3, -0.25) is 0 Å². The Morgan fingerprint density at radius 2 is 1.85 bits per heavy atom. The molecule has 0 heterocycles. The van der Waals surface area contributed by atoms with Crippen molar-refractivity contribution in [2.75, 3.05) is 4.43 Å². The molecule has 80 valence electrons. The van der Waals surface area contributed by atoms with E-state index in [1.165, 1.54) is 0 Å². The van der Waals surface area contributed by atoms with Crippen molar-refractivity contribution in [1.29, 1.82) is 0 Å². The molecule has 0 rings (SSSR count). The molecule has 0 fully saturated rings. The minimum absolute atomic E-state index is 0.0175. The van der Waals surface area contributed by atoms with Gasteiger partial charge in [-0.25, -0.2) is 0 Å². The summed E-state index contributed by atoms with van der Waals surface area (Å²) in [6, 6.07) is 0. The zero-order valence-corrected chi connectivity index (χ0v) is 12.5. The maximum absolute atomic E-state index is 9.79. The second-order valence-corrected chi connectivity index (χ2v) is 7.94. The number of aliphatic hydroxyl groups excluding tert-OH is 1. The SMILES string of the molecule is C[SiH](C)O[C@H](C(O)CI)C(C)(C)C. The van der Waals surface area contributed by atoms with Crippen molar-refractivity contribution < 1.29 is 9.53 Å². The van der Waals surface area contributed by atoms with Crippen LogP contribution in [0.3, 0.4) is 0 Å². The monoisotopic (exact) mass is 316 g/mol. The van der Waals surface area contributed by atoms with Gasteiger partial charge in [0.2, 0.25) is 0 Å². The number of alkyl halides is 1. The van der Waals surface area contributed by atoms with Crippen molar-refractivity contribution in [1.82, 2.24) is 0 Å². The van der Waals surface area contributed by atoms with E-state index < -0.39 is 9.04 Å². The van der Waals surface area contributed by atoms with E-state index in [1.807, 2.05) is 0 Å². The Labute approximate surface area is 96.9 Å². The Morgan fingerprint density at radius 1 is 1.38 bits per heavy atom. The summed E-state index contributed by atoms with van der Waals surface area (Å²) in [4.78, 5) is 0. The van der Waals surface area contributed by atoms with Gasteiger partial charge >= 0.3 is 0 Å². The maximum Gasteiger partial charge on any atom is 0.171 e. The first-order valence-corrected chi connectivity index (χ1v) is 8.99. The van der Waals surface area contributed by atoms with Crippen LogP contribution in [0.2, 0.25) is 13.1 Å². The first-order chi connectivity index (χ1) is 5.79. The van der Waals surface area contributed by atoms with Crippen molar-refractivity contribution in [3.05, 3.63) is 0 Å². The fourth-order valence-corrected chi connectivity index (χ4v) is 2.88. The number of halogens is 1. The van der Waals surface area contributed by atoms with Crippen LogP contribution in [0.15, 0.2) is 0 Å². The van der Waals surface area contributed by atoms with Gasteiger partial charge in [0.15, 0.2) is 9.04 Å². The summed E-state index contributed by atoms with van der Waals surface area (Å²) in [6.45, 7) is 10.6. The predicted molar refractivity (Wildman–Crippen MR) is 68.1 cm³/mol. The fourth-order valence-electron chi connectivity index (χ4n) is 1.25. The van der Waals surface area contributed by atoms with Gasteiger partial charge in [0.25, 0.3) is 0 Å². The van der Waals surface area contributed by atoms with Crippen molar-refractivity contribution in [3.63, 3.8) is 0 Å². The minimum Gasteiger partial charge on any atom is -0.414 e. The van der Waals surface area contributed by atoms with Crippen LogP contribution in [0, 0.1) is 5.41 Å². The highest BCUT2D eigenvalue weighted by Gasteiger charge is 2.31. The summed E-state index contributed by atoms with van der Waals surface area (Å²) >= 11 is 2.20. The zero-order chi connectivity index (χ0) is 10.6. The molecule has 0 bridgehead atoms. The molecule has 0 spiro atoms. The third-order valence-corrected chi connectivity index (χ3v) is 3.52. The molecule has 2 nitrogen and oxygen atoms in total. The van der Waals surface area contributed by atoms with E-state index in [9.17, 15) is 5.11 Å². The van der Waals surface area contributed by atoms with Crippen LogP contribution >= 0.6 is 22.6 Å². The van der Waals surface area contributed by atoms with Gasteiger partial charge in [-0.1, -0.05) is 43.4 Å². The summed E-state index contributed by atoms with van der Waals surface area (Å²) in [7, 11) is -1.06. The third-order valence-electron chi connectivity index (χ3n) is 1.78. The van der Waals surface area contributed by atoms with E-state index >= 15 is 0 Å². The van der Waals surface area contributed by atoms with E-state index in [0.717, 1.165) is 4.43 Å². The van der Waals surface area contributed by atoms with Gasteiger partial charge in [-0.15, -0.1) is 0 Å². The number of hydrogen-bond acceptors (Lipinski definition) is 2. The van der Waals surface area contributed by atoms with Crippen LogP contribution in [0.5, 0.6) is 0 Å². The molecule has 1 unspecified atom stereocenters. The second-order valence-electron chi connectivity index (χ2n) is 4.69. The molecule has 0 aromatic carbocycles. The highest BCUT2D eigenvalue weighted by molar-refractivity contribution is 14.1. The van der Waals surface area contributed by atoms with E-state index in [2.05, 4.69) is 56.5 Å². The molecule has 0 aromatic heterocycles. The number of hydrogen-bond donors (Lipinski definition) is 1. The smallest absolute Gasteiger partial charge is 0.171 e. The van der Waals surface area contributed by atoms with Crippen molar-refractivity contribution >= 4 is 31.6 Å². The van der Waals surface area contributed by atoms with Crippen LogP contribution < -0.4 is 0 Å². The van der Waals surface area contributed by atoms with E-state index in [-0.39, 0.29) is 17.6 Å². The molecule has 0 saturated heterocycles. The second kappa shape index (κ2) is 5.68. The molecule has 0 aliphatic carbocycles. The highest BCUT2D eigenvalue weighted by Crippen LogP contribution is 2.26. The van der Waals surface area contributed by atoms with Crippen LogP contribution in [-0.4, -0.2) is 30.8 Å². The molecule has 0 aliphatic rings. The average Bonchev–Trinajstić information content (AvgIpc) is 1.96. The standard InChI is InChI=1S/C9H21IO2Si/c1-9(2,3)8(7(11)6-10)12-13(4)5/h7-8,11,13H,6H2,1-5H3/t7?,8-/m1/s1.